The molecule has 2 N–H and O–H groups in total. The summed E-state index contributed by atoms with van der Waals surface area (Å²) >= 11 is 0. The van der Waals surface area contributed by atoms with Gasteiger partial charge in [0.05, 0.1) is 18.3 Å². The van der Waals surface area contributed by atoms with Crippen molar-refractivity contribution < 1.29 is 14.0 Å². The fraction of sp³-hybridized carbons (Fsp3) is 0.172. The Balaban J connectivity index is 1.75. The first kappa shape index (κ1) is 25.7. The average Bonchev–Trinajstić information content (AvgIpc) is 2.90. The molecular weight excluding hydrogens is 471 g/mol. The predicted molar refractivity (Wildman–Crippen MR) is 141 cm³/mol. The minimum absolute atomic E-state index is 0.116. The second-order valence-corrected chi connectivity index (χ2v) is 8.81. The van der Waals surface area contributed by atoms with Crippen LogP contribution in [0.4, 0.5) is 10.1 Å². The number of aryl methyl sites for hydroxylation is 1. The molecule has 1 amide bonds. The molecule has 2 heterocycles. The fourth-order valence-electron chi connectivity index (χ4n) is 3.91. The number of hydrogen-bond acceptors (Lipinski definition) is 5. The minimum atomic E-state index is -0.484. The number of carbonyl (C=O) groups excluding carboxylic acids is 2. The van der Waals surface area contributed by atoms with E-state index in [-0.39, 0.29) is 29.5 Å². The Morgan fingerprint density at radius 1 is 1.00 bits per heavy atom. The number of carbonyl (C=O) groups is 2. The lowest BCUT2D eigenvalue weighted by Crippen LogP contribution is -2.37. The third kappa shape index (κ3) is 5.87. The summed E-state index contributed by atoms with van der Waals surface area (Å²) in [4.78, 5) is 43.2. The fourth-order valence-corrected chi connectivity index (χ4v) is 3.91. The number of likely N-dealkylation sites (N-methyl/N-ethyl adjacent to an activating group) is 1. The summed E-state index contributed by atoms with van der Waals surface area (Å²) in [5.74, 6) is -1.06. The molecule has 0 spiro atoms. The molecule has 0 saturated carbocycles. The second-order valence-electron chi connectivity index (χ2n) is 8.81. The van der Waals surface area contributed by atoms with Crippen LogP contribution in [0.1, 0.15) is 34.0 Å². The van der Waals surface area contributed by atoms with Crippen molar-refractivity contribution >= 4 is 17.4 Å². The Morgan fingerprint density at radius 3 is 2.46 bits per heavy atom. The number of hydrogen-bond donors (Lipinski definition) is 2. The van der Waals surface area contributed by atoms with E-state index in [4.69, 9.17) is 0 Å². The van der Waals surface area contributed by atoms with E-state index in [1.165, 1.54) is 30.5 Å². The molecule has 4 rings (SSSR count). The van der Waals surface area contributed by atoms with Crippen molar-refractivity contribution in [1.29, 1.82) is 0 Å². The van der Waals surface area contributed by atoms with E-state index >= 15 is 0 Å². The van der Waals surface area contributed by atoms with Gasteiger partial charge in [-0.05, 0) is 80.6 Å². The van der Waals surface area contributed by atoms with Gasteiger partial charge in [-0.1, -0.05) is 23.8 Å². The van der Waals surface area contributed by atoms with Crippen molar-refractivity contribution in [3.63, 3.8) is 0 Å². The summed E-state index contributed by atoms with van der Waals surface area (Å²) in [6, 6.07) is 17.6. The Labute approximate surface area is 214 Å². The molecule has 2 aromatic carbocycles. The maximum absolute atomic E-state index is 13.6. The van der Waals surface area contributed by atoms with Crippen LogP contribution in [0.2, 0.25) is 0 Å². The van der Waals surface area contributed by atoms with Crippen LogP contribution < -0.4 is 16.2 Å². The highest BCUT2D eigenvalue weighted by atomic mass is 19.1. The minimum Gasteiger partial charge on any atom is -0.320 e. The van der Waals surface area contributed by atoms with Gasteiger partial charge in [-0.15, -0.1) is 0 Å². The number of benzene rings is 2. The summed E-state index contributed by atoms with van der Waals surface area (Å²) in [5.41, 5.74) is 3.57. The molecule has 0 aliphatic carbocycles. The normalized spacial score (nSPS) is 11.7. The largest absolute Gasteiger partial charge is 0.320 e. The average molecular weight is 499 g/mol. The number of anilines is 1. The Kier molecular flexibility index (Phi) is 7.69. The van der Waals surface area contributed by atoms with E-state index in [9.17, 15) is 18.8 Å². The number of amides is 1. The van der Waals surface area contributed by atoms with Gasteiger partial charge in [0.2, 0.25) is 5.91 Å². The van der Waals surface area contributed by atoms with Gasteiger partial charge in [-0.3, -0.25) is 19.4 Å². The van der Waals surface area contributed by atoms with Gasteiger partial charge in [0.25, 0.3) is 5.56 Å². The zero-order valence-electron chi connectivity index (χ0n) is 20.8. The number of ketones is 1. The molecule has 0 bridgehead atoms. The van der Waals surface area contributed by atoms with Crippen molar-refractivity contribution in [2.45, 2.75) is 26.4 Å². The molecule has 37 heavy (non-hydrogen) atoms. The standard InChI is InChI=1S/C29H27FN4O3/c1-18-5-4-6-22(13-18)26-12-11-25(33-28(36)19(2)31-3)29(37)34(26)17-20-14-23(16-32-15-20)27(35)21-7-9-24(30)10-8-21/h4-16,19,31H,17H2,1-3H3,(H,33,36). The Hall–Kier alpha value is -4.43. The summed E-state index contributed by atoms with van der Waals surface area (Å²) in [6.07, 6.45) is 3.03. The lowest BCUT2D eigenvalue weighted by Gasteiger charge is -2.17. The van der Waals surface area contributed by atoms with Crippen LogP contribution in [0.3, 0.4) is 0 Å². The van der Waals surface area contributed by atoms with Crippen LogP contribution in [0.15, 0.2) is 83.9 Å². The molecular formula is C29H27FN4O3. The van der Waals surface area contributed by atoms with E-state index in [2.05, 4.69) is 15.6 Å². The monoisotopic (exact) mass is 498 g/mol. The molecule has 2 aromatic heterocycles. The number of nitrogens with zero attached hydrogens (tertiary/aromatic N) is 2. The molecule has 0 aliphatic heterocycles. The van der Waals surface area contributed by atoms with Crippen molar-refractivity contribution in [3.05, 3.63) is 118 Å². The zero-order valence-corrected chi connectivity index (χ0v) is 20.8. The maximum Gasteiger partial charge on any atom is 0.275 e. The first-order valence-electron chi connectivity index (χ1n) is 11.8. The smallest absolute Gasteiger partial charge is 0.275 e. The van der Waals surface area contributed by atoms with E-state index in [0.717, 1.165) is 11.1 Å². The molecule has 188 valence electrons. The van der Waals surface area contributed by atoms with Gasteiger partial charge in [0.15, 0.2) is 5.78 Å². The molecule has 0 saturated heterocycles. The quantitative estimate of drug-likeness (QED) is 0.356. The number of halogens is 1. The first-order chi connectivity index (χ1) is 17.8. The topological polar surface area (TPSA) is 93.1 Å². The first-order valence-corrected chi connectivity index (χ1v) is 11.8. The van der Waals surface area contributed by atoms with Crippen molar-refractivity contribution in [2.75, 3.05) is 12.4 Å². The predicted octanol–water partition coefficient (Wildman–Crippen LogP) is 4.18. The SMILES string of the molecule is CNC(C)C(=O)Nc1ccc(-c2cccc(C)c2)n(Cc2cncc(C(=O)c3ccc(F)cc3)c2)c1=O. The number of rotatable bonds is 8. The van der Waals surface area contributed by atoms with Gasteiger partial charge in [-0.2, -0.15) is 0 Å². The van der Waals surface area contributed by atoms with Crippen LogP contribution in [-0.2, 0) is 11.3 Å². The van der Waals surface area contributed by atoms with Gasteiger partial charge in [0, 0.05) is 23.5 Å². The van der Waals surface area contributed by atoms with Crippen molar-refractivity contribution in [1.82, 2.24) is 14.9 Å². The molecule has 4 aromatic rings. The number of aromatic nitrogens is 2. The van der Waals surface area contributed by atoms with Gasteiger partial charge >= 0.3 is 0 Å². The highest BCUT2D eigenvalue weighted by Gasteiger charge is 2.17. The zero-order chi connectivity index (χ0) is 26.5. The maximum atomic E-state index is 13.6. The van der Waals surface area contributed by atoms with Crippen LogP contribution in [0.25, 0.3) is 11.3 Å². The third-order valence-electron chi connectivity index (χ3n) is 6.08. The van der Waals surface area contributed by atoms with Crippen molar-refractivity contribution in [2.24, 2.45) is 0 Å². The summed E-state index contributed by atoms with van der Waals surface area (Å²) < 4.78 is 14.8. The lowest BCUT2D eigenvalue weighted by molar-refractivity contribution is -0.117. The van der Waals surface area contributed by atoms with E-state index < -0.39 is 11.9 Å². The Bertz CT molecular complexity index is 1510. The van der Waals surface area contributed by atoms with E-state index in [0.29, 0.717) is 22.4 Å². The van der Waals surface area contributed by atoms with Gasteiger partial charge in [-0.25, -0.2) is 4.39 Å². The van der Waals surface area contributed by atoms with Crippen LogP contribution in [0.5, 0.6) is 0 Å². The molecule has 0 aliphatic rings. The summed E-state index contributed by atoms with van der Waals surface area (Å²) in [7, 11) is 1.66. The molecule has 0 radical (unpaired) electrons. The Morgan fingerprint density at radius 2 is 1.76 bits per heavy atom. The molecule has 0 fully saturated rings. The van der Waals surface area contributed by atoms with Crippen LogP contribution >= 0.6 is 0 Å². The van der Waals surface area contributed by atoms with Crippen LogP contribution in [0, 0.1) is 12.7 Å². The molecule has 7 nitrogen and oxygen atoms in total. The third-order valence-corrected chi connectivity index (χ3v) is 6.08. The van der Waals surface area contributed by atoms with Crippen molar-refractivity contribution in [3.8, 4) is 11.3 Å². The highest BCUT2D eigenvalue weighted by molar-refractivity contribution is 6.08. The van der Waals surface area contributed by atoms with E-state index in [1.54, 1.807) is 42.9 Å². The van der Waals surface area contributed by atoms with E-state index in [1.807, 2.05) is 31.2 Å². The molecule has 8 heteroatoms. The summed E-state index contributed by atoms with van der Waals surface area (Å²) in [5, 5.41) is 5.55. The summed E-state index contributed by atoms with van der Waals surface area (Å²) in [6.45, 7) is 3.78. The molecule has 1 atom stereocenters. The second kappa shape index (κ2) is 11.1. The van der Waals surface area contributed by atoms with Gasteiger partial charge in [0.1, 0.15) is 11.5 Å². The lowest BCUT2D eigenvalue weighted by atomic mass is 10.0. The number of nitrogens with one attached hydrogen (secondary N) is 2. The highest BCUT2D eigenvalue weighted by Crippen LogP contribution is 2.22. The van der Waals surface area contributed by atoms with Crippen LogP contribution in [-0.4, -0.2) is 34.3 Å². The molecule has 1 unspecified atom stereocenters. The van der Waals surface area contributed by atoms with Gasteiger partial charge < -0.3 is 15.2 Å². The number of pyridine rings is 2.